The van der Waals surface area contributed by atoms with Crippen LogP contribution in [0.25, 0.3) is 43.3 Å². The van der Waals surface area contributed by atoms with Gasteiger partial charge in [0.15, 0.2) is 0 Å². The lowest BCUT2D eigenvalue weighted by Gasteiger charge is -2.07. The summed E-state index contributed by atoms with van der Waals surface area (Å²) in [6.07, 6.45) is 0. The molecular formula is C19H12N2S. The minimum Gasteiger partial charge on any atom is -0.339 e. The number of hydrogen-bond acceptors (Lipinski definition) is 2. The second kappa shape index (κ2) is 4.42. The van der Waals surface area contributed by atoms with Gasteiger partial charge in [0.1, 0.15) is 5.65 Å². The second-order valence-electron chi connectivity index (χ2n) is 5.38. The highest BCUT2D eigenvalue weighted by Crippen LogP contribution is 2.40. The number of fused-ring (bicyclic) bond motifs is 4. The van der Waals surface area contributed by atoms with Gasteiger partial charge in [-0.15, -0.1) is 11.3 Å². The van der Waals surface area contributed by atoms with Gasteiger partial charge < -0.3 is 4.98 Å². The molecule has 0 radical (unpaired) electrons. The third kappa shape index (κ3) is 1.57. The number of aromatic amines is 1. The highest BCUT2D eigenvalue weighted by Gasteiger charge is 2.15. The first-order chi connectivity index (χ1) is 10.9. The van der Waals surface area contributed by atoms with Crippen LogP contribution < -0.4 is 0 Å². The third-order valence-electron chi connectivity index (χ3n) is 4.11. The fourth-order valence-electron chi connectivity index (χ4n) is 3.18. The maximum absolute atomic E-state index is 4.83. The molecule has 5 rings (SSSR count). The molecule has 2 nitrogen and oxygen atoms in total. The molecule has 0 fully saturated rings. The normalized spacial score (nSPS) is 11.6. The zero-order valence-electron chi connectivity index (χ0n) is 11.7. The summed E-state index contributed by atoms with van der Waals surface area (Å²) >= 11 is 1.78. The predicted molar refractivity (Wildman–Crippen MR) is 94.4 cm³/mol. The maximum Gasteiger partial charge on any atom is 0.139 e. The molecule has 0 saturated heterocycles. The van der Waals surface area contributed by atoms with Gasteiger partial charge in [0.25, 0.3) is 0 Å². The first-order valence-electron chi connectivity index (χ1n) is 7.25. The minimum absolute atomic E-state index is 0.961. The van der Waals surface area contributed by atoms with Crippen molar-refractivity contribution in [2.45, 2.75) is 0 Å². The molecular weight excluding hydrogens is 288 g/mol. The average Bonchev–Trinajstić information content (AvgIpc) is 3.20. The number of pyridine rings is 1. The van der Waals surface area contributed by atoms with Gasteiger partial charge in [-0.1, -0.05) is 42.5 Å². The van der Waals surface area contributed by atoms with Crippen LogP contribution in [0.5, 0.6) is 0 Å². The summed E-state index contributed by atoms with van der Waals surface area (Å²) in [5.74, 6) is 0. The predicted octanol–water partition coefficient (Wildman–Crippen LogP) is 5.60. The molecule has 0 amide bonds. The van der Waals surface area contributed by atoms with Crippen LogP contribution in [-0.4, -0.2) is 9.97 Å². The molecule has 22 heavy (non-hydrogen) atoms. The van der Waals surface area contributed by atoms with E-state index in [9.17, 15) is 0 Å². The van der Waals surface area contributed by atoms with Crippen molar-refractivity contribution in [1.29, 1.82) is 0 Å². The molecule has 1 N–H and O–H groups in total. The van der Waals surface area contributed by atoms with Crippen molar-refractivity contribution in [1.82, 2.24) is 9.97 Å². The molecule has 0 aliphatic rings. The Labute approximate surface area is 131 Å². The van der Waals surface area contributed by atoms with Crippen molar-refractivity contribution < 1.29 is 0 Å². The number of thiophene rings is 1. The van der Waals surface area contributed by atoms with Crippen LogP contribution in [0.3, 0.4) is 0 Å². The fourth-order valence-corrected chi connectivity index (χ4v) is 3.97. The molecule has 0 saturated carbocycles. The van der Waals surface area contributed by atoms with Crippen LogP contribution >= 0.6 is 11.3 Å². The zero-order valence-corrected chi connectivity index (χ0v) is 12.5. The number of hydrogen-bond donors (Lipinski definition) is 1. The Morgan fingerprint density at radius 1 is 0.818 bits per heavy atom. The van der Waals surface area contributed by atoms with Crippen molar-refractivity contribution in [3.63, 3.8) is 0 Å². The molecule has 0 unspecified atom stereocenters. The first-order valence-corrected chi connectivity index (χ1v) is 8.13. The van der Waals surface area contributed by atoms with Crippen molar-refractivity contribution in [3.8, 4) is 10.4 Å². The molecule has 3 heterocycles. The summed E-state index contributed by atoms with van der Waals surface area (Å²) in [6.45, 7) is 0. The highest BCUT2D eigenvalue weighted by atomic mass is 32.1. The van der Waals surface area contributed by atoms with Crippen molar-refractivity contribution in [2.24, 2.45) is 0 Å². The Kier molecular flexibility index (Phi) is 2.40. The lowest BCUT2D eigenvalue weighted by molar-refractivity contribution is 1.40. The Balaban J connectivity index is 2.11. The SMILES string of the molecule is c1csc(-c2c3ccccc3nc3[nH]c4ccccc4c23)c1. The third-order valence-corrected chi connectivity index (χ3v) is 5.00. The van der Waals surface area contributed by atoms with Gasteiger partial charge in [-0.3, -0.25) is 0 Å². The zero-order chi connectivity index (χ0) is 14.5. The van der Waals surface area contributed by atoms with E-state index in [4.69, 9.17) is 4.98 Å². The lowest BCUT2D eigenvalue weighted by atomic mass is 10.0. The summed E-state index contributed by atoms with van der Waals surface area (Å²) in [5.41, 5.74) is 4.42. The number of para-hydroxylation sites is 2. The average molecular weight is 300 g/mol. The van der Waals surface area contributed by atoms with Crippen molar-refractivity contribution in [2.75, 3.05) is 0 Å². The summed E-state index contributed by atoms with van der Waals surface area (Å²) < 4.78 is 0. The van der Waals surface area contributed by atoms with Gasteiger partial charge in [0, 0.05) is 32.1 Å². The number of H-pyrrole nitrogens is 1. The van der Waals surface area contributed by atoms with Crippen molar-refractivity contribution in [3.05, 3.63) is 66.0 Å². The topological polar surface area (TPSA) is 28.7 Å². The number of nitrogens with one attached hydrogen (secondary N) is 1. The van der Waals surface area contributed by atoms with Crippen LogP contribution in [0.15, 0.2) is 66.0 Å². The molecule has 0 atom stereocenters. The van der Waals surface area contributed by atoms with Gasteiger partial charge in [0.2, 0.25) is 0 Å². The van der Waals surface area contributed by atoms with Crippen LogP contribution in [0.1, 0.15) is 0 Å². The molecule has 3 aromatic heterocycles. The molecule has 104 valence electrons. The smallest absolute Gasteiger partial charge is 0.139 e. The van der Waals surface area contributed by atoms with Gasteiger partial charge in [-0.05, 0) is 23.6 Å². The Morgan fingerprint density at radius 3 is 2.50 bits per heavy atom. The van der Waals surface area contributed by atoms with E-state index in [-0.39, 0.29) is 0 Å². The quantitative estimate of drug-likeness (QED) is 0.429. The van der Waals surface area contributed by atoms with E-state index < -0.39 is 0 Å². The van der Waals surface area contributed by atoms with Gasteiger partial charge in [-0.2, -0.15) is 0 Å². The molecule has 2 aromatic carbocycles. The molecule has 0 bridgehead atoms. The molecule has 5 aromatic rings. The highest BCUT2D eigenvalue weighted by molar-refractivity contribution is 7.13. The summed E-state index contributed by atoms with van der Waals surface area (Å²) in [7, 11) is 0. The summed E-state index contributed by atoms with van der Waals surface area (Å²) in [4.78, 5) is 9.59. The van der Waals surface area contributed by atoms with E-state index in [2.05, 4.69) is 65.0 Å². The van der Waals surface area contributed by atoms with E-state index in [1.54, 1.807) is 11.3 Å². The fraction of sp³-hybridized carbons (Fsp3) is 0. The van der Waals surface area contributed by atoms with E-state index >= 15 is 0 Å². The Morgan fingerprint density at radius 2 is 1.64 bits per heavy atom. The number of nitrogens with zero attached hydrogens (tertiary/aromatic N) is 1. The standard InChI is InChI=1S/C19H12N2S/c1-3-8-14-12(6-1)17(16-10-5-11-22-16)18-13-7-2-4-9-15(13)21-19(18)20-14/h1-11H,(H,20,21). The monoisotopic (exact) mass is 300 g/mol. The van der Waals surface area contributed by atoms with E-state index in [0.717, 1.165) is 16.7 Å². The van der Waals surface area contributed by atoms with Gasteiger partial charge >= 0.3 is 0 Å². The van der Waals surface area contributed by atoms with Crippen LogP contribution in [0.2, 0.25) is 0 Å². The van der Waals surface area contributed by atoms with E-state index in [0.29, 0.717) is 0 Å². The molecule has 0 aliphatic heterocycles. The summed E-state index contributed by atoms with van der Waals surface area (Å²) in [5, 5.41) is 5.80. The van der Waals surface area contributed by atoms with Gasteiger partial charge in [-0.25, -0.2) is 4.98 Å². The van der Waals surface area contributed by atoms with Crippen molar-refractivity contribution >= 4 is 44.2 Å². The Bertz CT molecular complexity index is 1120. The second-order valence-corrected chi connectivity index (χ2v) is 6.32. The summed E-state index contributed by atoms with van der Waals surface area (Å²) in [6, 6.07) is 21.1. The van der Waals surface area contributed by atoms with E-state index in [1.807, 2.05) is 6.07 Å². The van der Waals surface area contributed by atoms with Crippen LogP contribution in [0, 0.1) is 0 Å². The first kappa shape index (κ1) is 12.0. The van der Waals surface area contributed by atoms with Crippen LogP contribution in [-0.2, 0) is 0 Å². The molecule has 0 spiro atoms. The number of rotatable bonds is 1. The molecule has 3 heteroatoms. The number of benzene rings is 2. The van der Waals surface area contributed by atoms with Gasteiger partial charge in [0.05, 0.1) is 5.52 Å². The largest absolute Gasteiger partial charge is 0.339 e. The lowest BCUT2D eigenvalue weighted by Crippen LogP contribution is -1.85. The number of aromatic nitrogens is 2. The Hall–Kier alpha value is -2.65. The maximum atomic E-state index is 4.83. The van der Waals surface area contributed by atoms with E-state index in [1.165, 1.54) is 26.6 Å². The minimum atomic E-state index is 0.961. The van der Waals surface area contributed by atoms with Crippen LogP contribution in [0.4, 0.5) is 0 Å². The molecule has 0 aliphatic carbocycles.